The number of nitrogen functional groups attached to an aromatic ring is 2. The van der Waals surface area contributed by atoms with E-state index in [0.29, 0.717) is 35.3 Å². The summed E-state index contributed by atoms with van der Waals surface area (Å²) in [6, 6.07) is 15.2. The number of ether oxygens (including phenoxy) is 5. The van der Waals surface area contributed by atoms with Crippen LogP contribution in [0.25, 0.3) is 6.08 Å². The molecule has 0 atom stereocenters. The Morgan fingerprint density at radius 1 is 0.723 bits per heavy atom. The van der Waals surface area contributed by atoms with Crippen molar-refractivity contribution >= 4 is 35.4 Å². The van der Waals surface area contributed by atoms with Crippen LogP contribution in [0.3, 0.4) is 0 Å². The Morgan fingerprint density at radius 3 is 2.02 bits per heavy atom. The van der Waals surface area contributed by atoms with Crippen molar-refractivity contribution in [1.29, 1.82) is 0 Å². The first kappa shape index (κ1) is 36.3. The quantitative estimate of drug-likeness (QED) is 0.0523. The molecule has 0 spiro atoms. The minimum absolute atomic E-state index is 0.152. The monoisotopic (exact) mass is 658 g/mol. The Kier molecular flexibility index (Phi) is 13.9. The van der Waals surface area contributed by atoms with E-state index in [-0.39, 0.29) is 49.1 Å². The first-order valence-corrected chi connectivity index (χ1v) is 14.8. The molecule has 0 saturated heterocycles. The van der Waals surface area contributed by atoms with Gasteiger partial charge in [-0.1, -0.05) is 12.1 Å². The summed E-state index contributed by atoms with van der Waals surface area (Å²) < 4.78 is 63.4. The predicted molar refractivity (Wildman–Crippen MR) is 169 cm³/mol. The molecule has 4 N–H and O–H groups in total. The summed E-state index contributed by atoms with van der Waals surface area (Å²) in [6.07, 6.45) is 0.315. The highest BCUT2D eigenvalue weighted by molar-refractivity contribution is 5.92. The molecule has 0 aliphatic rings. The van der Waals surface area contributed by atoms with E-state index in [1.54, 1.807) is 36.4 Å². The zero-order valence-corrected chi connectivity index (χ0v) is 25.8. The van der Waals surface area contributed by atoms with E-state index in [9.17, 15) is 27.6 Å². The fourth-order valence-electron chi connectivity index (χ4n) is 4.17. The van der Waals surface area contributed by atoms with Crippen molar-refractivity contribution in [1.82, 2.24) is 0 Å². The maximum Gasteiger partial charge on any atom is 0.389 e. The van der Waals surface area contributed by atoms with Crippen molar-refractivity contribution in [2.24, 2.45) is 0 Å². The number of rotatable bonds is 17. The second-order valence-corrected chi connectivity index (χ2v) is 10.3. The molecule has 0 fully saturated rings. The van der Waals surface area contributed by atoms with Crippen LogP contribution in [-0.4, -0.2) is 51.0 Å². The predicted octanol–water partition coefficient (Wildman–Crippen LogP) is 6.77. The molecule has 0 saturated carbocycles. The number of methoxy groups -OCH3 is 1. The maximum atomic E-state index is 12.6. The highest BCUT2D eigenvalue weighted by Crippen LogP contribution is 2.30. The Hall–Kier alpha value is -5.20. The fraction of sp³-hybridized carbons (Fsp3) is 0.324. The second-order valence-electron chi connectivity index (χ2n) is 10.3. The van der Waals surface area contributed by atoms with Crippen LogP contribution in [0.2, 0.25) is 0 Å². The highest BCUT2D eigenvalue weighted by atomic mass is 19.4. The third-order valence-electron chi connectivity index (χ3n) is 6.49. The van der Waals surface area contributed by atoms with Crippen LogP contribution in [0.5, 0.6) is 17.2 Å². The molecule has 13 heteroatoms. The van der Waals surface area contributed by atoms with Gasteiger partial charge in [0.2, 0.25) is 0 Å². The number of benzene rings is 3. The number of unbranched alkanes of at least 4 members (excludes halogenated alkanes) is 3. The van der Waals surface area contributed by atoms with Crippen molar-refractivity contribution in [3.05, 3.63) is 83.4 Å². The normalized spacial score (nSPS) is 11.2. The van der Waals surface area contributed by atoms with E-state index in [1.165, 1.54) is 43.5 Å². The third-order valence-corrected chi connectivity index (χ3v) is 6.49. The molecular formula is C34H37F3N2O8. The Bertz CT molecular complexity index is 1500. The van der Waals surface area contributed by atoms with Crippen LogP contribution in [-0.2, 0) is 14.3 Å². The topological polar surface area (TPSA) is 149 Å². The highest BCUT2D eigenvalue weighted by Gasteiger charge is 2.26. The van der Waals surface area contributed by atoms with Crippen molar-refractivity contribution in [3.8, 4) is 17.2 Å². The number of hydrogen-bond acceptors (Lipinski definition) is 10. The number of halogens is 3. The lowest BCUT2D eigenvalue weighted by Crippen LogP contribution is -2.11. The summed E-state index contributed by atoms with van der Waals surface area (Å²) in [7, 11) is 1.35. The lowest BCUT2D eigenvalue weighted by atomic mass is 10.2. The molecule has 0 amide bonds. The molecular weight excluding hydrogens is 621 g/mol. The molecule has 0 aliphatic heterocycles. The zero-order chi connectivity index (χ0) is 34.2. The molecule has 10 nitrogen and oxygen atoms in total. The molecule has 0 unspecified atom stereocenters. The number of esters is 3. The summed E-state index contributed by atoms with van der Waals surface area (Å²) in [4.78, 5) is 36.7. The summed E-state index contributed by atoms with van der Waals surface area (Å²) in [5.74, 6) is -1.02. The number of nitrogens with two attached hydrogens (primary N) is 2. The van der Waals surface area contributed by atoms with Gasteiger partial charge in [0.05, 0.1) is 38.1 Å². The van der Waals surface area contributed by atoms with E-state index >= 15 is 0 Å². The number of anilines is 2. The van der Waals surface area contributed by atoms with Crippen LogP contribution in [0, 0.1) is 0 Å². The third kappa shape index (κ3) is 13.4. The molecule has 47 heavy (non-hydrogen) atoms. The maximum absolute atomic E-state index is 12.6. The number of carbonyl (C=O) groups is 3. The standard InChI is InChI=1S/C34H37F3N2O8/c1-43-30-21-24(10-13-29(30)44-18-6-15-34(35,36)37)33(42)47-28-11-7-23(8-12-28)9-14-31(40)45-16-4-2-3-5-17-46-32(41)25-19-26(38)22-27(39)20-25/h7-14,19-22H,2-6,15-18,38-39H2,1H3. The summed E-state index contributed by atoms with van der Waals surface area (Å²) in [5.41, 5.74) is 13.3. The summed E-state index contributed by atoms with van der Waals surface area (Å²) in [5, 5.41) is 0. The molecule has 0 radical (unpaired) electrons. The largest absolute Gasteiger partial charge is 0.493 e. The van der Waals surface area contributed by atoms with Gasteiger partial charge in [-0.3, -0.25) is 0 Å². The van der Waals surface area contributed by atoms with Crippen LogP contribution >= 0.6 is 0 Å². The second kappa shape index (κ2) is 18.1. The van der Waals surface area contributed by atoms with Gasteiger partial charge in [-0.15, -0.1) is 0 Å². The van der Waals surface area contributed by atoms with Crippen LogP contribution in [0.15, 0.2) is 66.7 Å². The van der Waals surface area contributed by atoms with Gasteiger partial charge >= 0.3 is 24.1 Å². The van der Waals surface area contributed by atoms with E-state index < -0.39 is 30.5 Å². The summed E-state index contributed by atoms with van der Waals surface area (Å²) in [6.45, 7) is 0.338. The number of carbonyl (C=O) groups excluding carboxylic acids is 3. The number of hydrogen-bond donors (Lipinski definition) is 2. The molecule has 252 valence electrons. The Labute approximate surface area is 270 Å². The van der Waals surface area contributed by atoms with Crippen molar-refractivity contribution in [2.75, 3.05) is 38.4 Å². The van der Waals surface area contributed by atoms with Crippen LogP contribution in [0.1, 0.15) is 64.8 Å². The van der Waals surface area contributed by atoms with Crippen LogP contribution < -0.4 is 25.7 Å². The van der Waals surface area contributed by atoms with Gasteiger partial charge in [0.15, 0.2) is 11.5 Å². The van der Waals surface area contributed by atoms with Gasteiger partial charge in [0.25, 0.3) is 0 Å². The zero-order valence-electron chi connectivity index (χ0n) is 25.8. The Morgan fingerprint density at radius 2 is 1.38 bits per heavy atom. The smallest absolute Gasteiger partial charge is 0.389 e. The van der Waals surface area contributed by atoms with Crippen LogP contribution in [0.4, 0.5) is 24.5 Å². The first-order chi connectivity index (χ1) is 22.4. The van der Waals surface area contributed by atoms with E-state index in [2.05, 4.69) is 0 Å². The molecule has 0 bridgehead atoms. The van der Waals surface area contributed by atoms with E-state index in [0.717, 1.165) is 12.8 Å². The first-order valence-electron chi connectivity index (χ1n) is 14.8. The van der Waals surface area contributed by atoms with Gasteiger partial charge in [-0.2, -0.15) is 13.2 Å². The van der Waals surface area contributed by atoms with Gasteiger partial charge in [-0.25, -0.2) is 14.4 Å². The SMILES string of the molecule is COc1cc(C(=O)Oc2ccc(C=CC(=O)OCCCCCCOC(=O)c3cc(N)cc(N)c3)cc2)ccc1OCCCC(F)(F)F. The minimum atomic E-state index is -4.26. The lowest BCUT2D eigenvalue weighted by molar-refractivity contribution is -0.138. The molecule has 3 rings (SSSR count). The van der Waals surface area contributed by atoms with E-state index in [4.69, 9.17) is 35.2 Å². The van der Waals surface area contributed by atoms with E-state index in [1.807, 2.05) is 0 Å². The van der Waals surface area contributed by atoms with Gasteiger partial charge in [0.1, 0.15) is 5.75 Å². The van der Waals surface area contributed by atoms with Crippen molar-refractivity contribution in [3.63, 3.8) is 0 Å². The van der Waals surface area contributed by atoms with Gasteiger partial charge < -0.3 is 35.2 Å². The molecule has 0 heterocycles. The van der Waals surface area contributed by atoms with Crippen molar-refractivity contribution in [2.45, 2.75) is 44.7 Å². The van der Waals surface area contributed by atoms with Gasteiger partial charge in [0, 0.05) is 23.9 Å². The molecule has 3 aromatic carbocycles. The molecule has 0 aromatic heterocycles. The van der Waals surface area contributed by atoms with Crippen molar-refractivity contribution < 1.29 is 51.2 Å². The average Bonchev–Trinajstić information content (AvgIpc) is 3.03. The summed E-state index contributed by atoms with van der Waals surface area (Å²) >= 11 is 0. The van der Waals surface area contributed by atoms with Gasteiger partial charge in [-0.05, 0) is 92.3 Å². The Balaban J connectivity index is 1.33. The lowest BCUT2D eigenvalue weighted by Gasteiger charge is -2.12. The molecule has 3 aromatic rings. The average molecular weight is 659 g/mol. The molecule has 0 aliphatic carbocycles. The minimum Gasteiger partial charge on any atom is -0.493 e. The fourth-order valence-corrected chi connectivity index (χ4v) is 4.17. The number of alkyl halides is 3.